The molecule has 0 aromatic carbocycles. The maximum Gasteiger partial charge on any atom is 0.243 e. The van der Waals surface area contributed by atoms with E-state index in [-0.39, 0.29) is 25.1 Å². The number of hydrogen-bond acceptors (Lipinski definition) is 6. The van der Waals surface area contributed by atoms with Gasteiger partial charge in [0.05, 0.1) is 12.9 Å². The number of carbonyl (C=O) groups excluding carboxylic acids is 1. The topological polar surface area (TPSA) is 106 Å². The number of aliphatic hydroxyl groups is 1. The zero-order valence-corrected chi connectivity index (χ0v) is 9.78. The molecule has 1 atom stereocenters. The molecule has 8 nitrogen and oxygen atoms in total. The van der Waals surface area contributed by atoms with Crippen molar-refractivity contribution in [1.29, 1.82) is 0 Å². The number of rotatable bonds is 5. The first-order valence-electron chi connectivity index (χ1n) is 5.41. The van der Waals surface area contributed by atoms with Crippen molar-refractivity contribution < 1.29 is 14.3 Å². The molecule has 1 amide bonds. The van der Waals surface area contributed by atoms with Crippen molar-refractivity contribution in [2.45, 2.75) is 19.5 Å². The lowest BCUT2D eigenvalue weighted by Crippen LogP contribution is -2.37. The van der Waals surface area contributed by atoms with Gasteiger partial charge in [0, 0.05) is 6.04 Å². The predicted octanol–water partition coefficient (Wildman–Crippen LogP) is -0.570. The molecule has 18 heavy (non-hydrogen) atoms. The molecule has 0 aliphatic rings. The van der Waals surface area contributed by atoms with Crippen LogP contribution in [0.15, 0.2) is 22.8 Å². The first-order chi connectivity index (χ1) is 8.69. The molecule has 0 aliphatic carbocycles. The summed E-state index contributed by atoms with van der Waals surface area (Å²) >= 11 is 0. The Morgan fingerprint density at radius 2 is 2.50 bits per heavy atom. The predicted molar refractivity (Wildman–Crippen MR) is 60.2 cm³/mol. The Morgan fingerprint density at radius 1 is 1.67 bits per heavy atom. The Bertz CT molecular complexity index is 507. The van der Waals surface area contributed by atoms with Gasteiger partial charge in [0.15, 0.2) is 5.76 Å². The Balaban J connectivity index is 1.97. The van der Waals surface area contributed by atoms with Crippen LogP contribution in [0.1, 0.15) is 6.92 Å². The summed E-state index contributed by atoms with van der Waals surface area (Å²) in [4.78, 5) is 12.7. The van der Waals surface area contributed by atoms with Gasteiger partial charge in [0.1, 0.15) is 6.54 Å². The van der Waals surface area contributed by atoms with Crippen LogP contribution in [-0.2, 0) is 11.3 Å². The largest absolute Gasteiger partial charge is 0.461 e. The number of carbonyl (C=O) groups is 1. The van der Waals surface area contributed by atoms with Crippen LogP contribution in [0.5, 0.6) is 0 Å². The van der Waals surface area contributed by atoms with E-state index in [0.29, 0.717) is 11.6 Å². The lowest BCUT2D eigenvalue weighted by atomic mass is 10.3. The van der Waals surface area contributed by atoms with Gasteiger partial charge in [-0.2, -0.15) is 4.80 Å². The van der Waals surface area contributed by atoms with Gasteiger partial charge in [0.25, 0.3) is 0 Å². The van der Waals surface area contributed by atoms with E-state index in [9.17, 15) is 4.79 Å². The van der Waals surface area contributed by atoms with Crippen LogP contribution in [0.25, 0.3) is 11.6 Å². The lowest BCUT2D eigenvalue weighted by molar-refractivity contribution is -0.122. The third-order valence-corrected chi connectivity index (χ3v) is 2.16. The molecule has 0 bridgehead atoms. The maximum absolute atomic E-state index is 11.5. The summed E-state index contributed by atoms with van der Waals surface area (Å²) < 4.78 is 5.11. The molecule has 2 aromatic rings. The fourth-order valence-corrected chi connectivity index (χ4v) is 1.31. The van der Waals surface area contributed by atoms with Crippen molar-refractivity contribution >= 4 is 5.91 Å². The van der Waals surface area contributed by atoms with E-state index in [1.54, 1.807) is 19.1 Å². The molecule has 8 heteroatoms. The molecule has 0 saturated heterocycles. The minimum absolute atomic E-state index is 0.0575. The van der Waals surface area contributed by atoms with Crippen molar-refractivity contribution in [1.82, 2.24) is 25.5 Å². The number of aliphatic hydroxyl groups excluding tert-OH is 1. The highest BCUT2D eigenvalue weighted by molar-refractivity contribution is 5.75. The number of amides is 1. The van der Waals surface area contributed by atoms with Gasteiger partial charge in [-0.1, -0.05) is 0 Å². The van der Waals surface area contributed by atoms with Crippen molar-refractivity contribution in [3.8, 4) is 11.6 Å². The van der Waals surface area contributed by atoms with Gasteiger partial charge >= 0.3 is 0 Å². The van der Waals surface area contributed by atoms with Crippen molar-refractivity contribution in [2.24, 2.45) is 0 Å². The Kier molecular flexibility index (Phi) is 3.68. The molecular formula is C10H13N5O3. The molecule has 2 N–H and O–H groups in total. The average Bonchev–Trinajstić information content (AvgIpc) is 2.98. The summed E-state index contributed by atoms with van der Waals surface area (Å²) in [5.41, 5.74) is 0. The first-order valence-corrected chi connectivity index (χ1v) is 5.41. The van der Waals surface area contributed by atoms with Crippen LogP contribution in [0.2, 0.25) is 0 Å². The van der Waals surface area contributed by atoms with Crippen molar-refractivity contribution in [3.05, 3.63) is 18.4 Å². The Labute approximate surface area is 103 Å². The van der Waals surface area contributed by atoms with Crippen LogP contribution in [0, 0.1) is 0 Å². The third kappa shape index (κ3) is 2.92. The van der Waals surface area contributed by atoms with Crippen LogP contribution in [0.3, 0.4) is 0 Å². The summed E-state index contributed by atoms with van der Waals surface area (Å²) in [6, 6.07) is 3.12. The fraction of sp³-hybridized carbons (Fsp3) is 0.400. The number of furan rings is 1. The van der Waals surface area contributed by atoms with Gasteiger partial charge < -0.3 is 14.8 Å². The zero-order valence-electron chi connectivity index (χ0n) is 9.78. The second kappa shape index (κ2) is 5.41. The van der Waals surface area contributed by atoms with Crippen LogP contribution >= 0.6 is 0 Å². The van der Waals surface area contributed by atoms with Gasteiger partial charge in [-0.15, -0.1) is 10.2 Å². The number of tetrazole rings is 1. The average molecular weight is 251 g/mol. The minimum atomic E-state index is -0.300. The summed E-state index contributed by atoms with van der Waals surface area (Å²) in [6.45, 7) is 1.52. The molecule has 0 fully saturated rings. The summed E-state index contributed by atoms with van der Waals surface area (Å²) in [7, 11) is 0. The van der Waals surface area contributed by atoms with Crippen LogP contribution in [-0.4, -0.2) is 43.9 Å². The van der Waals surface area contributed by atoms with Gasteiger partial charge in [0.2, 0.25) is 11.7 Å². The second-order valence-electron chi connectivity index (χ2n) is 3.77. The number of nitrogens with zero attached hydrogens (tertiary/aromatic N) is 4. The van der Waals surface area contributed by atoms with Gasteiger partial charge in [-0.3, -0.25) is 4.79 Å². The number of hydrogen-bond donors (Lipinski definition) is 2. The van der Waals surface area contributed by atoms with E-state index < -0.39 is 0 Å². The monoisotopic (exact) mass is 251 g/mol. The summed E-state index contributed by atoms with van der Waals surface area (Å²) in [5, 5.41) is 22.9. The molecule has 2 rings (SSSR count). The Hall–Kier alpha value is -2.22. The van der Waals surface area contributed by atoms with E-state index in [2.05, 4.69) is 20.7 Å². The van der Waals surface area contributed by atoms with E-state index in [4.69, 9.17) is 9.52 Å². The fourth-order valence-electron chi connectivity index (χ4n) is 1.31. The molecule has 0 aliphatic heterocycles. The van der Waals surface area contributed by atoms with E-state index >= 15 is 0 Å². The minimum Gasteiger partial charge on any atom is -0.461 e. The Morgan fingerprint density at radius 3 is 3.17 bits per heavy atom. The van der Waals surface area contributed by atoms with Gasteiger partial charge in [-0.25, -0.2) is 0 Å². The molecule has 96 valence electrons. The lowest BCUT2D eigenvalue weighted by Gasteiger charge is -2.09. The molecule has 0 unspecified atom stereocenters. The van der Waals surface area contributed by atoms with E-state index in [1.807, 2.05) is 0 Å². The highest BCUT2D eigenvalue weighted by atomic mass is 16.3. The maximum atomic E-state index is 11.5. The number of nitrogens with one attached hydrogen (secondary N) is 1. The SMILES string of the molecule is C[C@H](CO)NC(=O)Cn1nnc(-c2ccco2)n1. The molecule has 0 radical (unpaired) electrons. The molecular weight excluding hydrogens is 238 g/mol. The summed E-state index contributed by atoms with van der Waals surface area (Å²) in [5.74, 6) is 0.522. The van der Waals surface area contributed by atoms with E-state index in [1.165, 1.54) is 6.26 Å². The van der Waals surface area contributed by atoms with Crippen molar-refractivity contribution in [3.63, 3.8) is 0 Å². The summed E-state index contributed by atoms with van der Waals surface area (Å²) in [6.07, 6.45) is 1.51. The van der Waals surface area contributed by atoms with E-state index in [0.717, 1.165) is 4.80 Å². The van der Waals surface area contributed by atoms with Crippen LogP contribution < -0.4 is 5.32 Å². The van der Waals surface area contributed by atoms with Crippen molar-refractivity contribution in [2.75, 3.05) is 6.61 Å². The third-order valence-electron chi connectivity index (χ3n) is 2.16. The second-order valence-corrected chi connectivity index (χ2v) is 3.77. The number of aromatic nitrogens is 4. The molecule has 0 saturated carbocycles. The van der Waals surface area contributed by atoms with Gasteiger partial charge in [-0.05, 0) is 24.3 Å². The standard InChI is InChI=1S/C10H13N5O3/c1-7(6-16)11-9(17)5-15-13-10(12-14-15)8-3-2-4-18-8/h2-4,7,16H,5-6H2,1H3,(H,11,17)/t7-/m1/s1. The highest BCUT2D eigenvalue weighted by Gasteiger charge is 2.12. The van der Waals surface area contributed by atoms with Crippen LogP contribution in [0.4, 0.5) is 0 Å². The molecule has 2 heterocycles. The molecule has 2 aromatic heterocycles. The highest BCUT2D eigenvalue weighted by Crippen LogP contribution is 2.12. The quantitative estimate of drug-likeness (QED) is 0.737. The smallest absolute Gasteiger partial charge is 0.243 e. The zero-order chi connectivity index (χ0) is 13.0. The first kappa shape index (κ1) is 12.2. The normalized spacial score (nSPS) is 12.3. The molecule has 0 spiro atoms.